The Kier molecular flexibility index (Phi) is 3.44. The average Bonchev–Trinajstić information content (AvgIpc) is 3.10. The SMILES string of the molecule is Nc1nc(C(=O)Nc2cccc(-c3nccs3)c2)cs1. The van der Waals surface area contributed by atoms with E-state index in [4.69, 9.17) is 5.73 Å². The van der Waals surface area contributed by atoms with Gasteiger partial charge in [-0.2, -0.15) is 0 Å². The summed E-state index contributed by atoms with van der Waals surface area (Å²) in [5.41, 5.74) is 7.52. The van der Waals surface area contributed by atoms with Crippen LogP contribution in [0.25, 0.3) is 10.6 Å². The summed E-state index contributed by atoms with van der Waals surface area (Å²) in [6.45, 7) is 0. The number of benzene rings is 1. The highest BCUT2D eigenvalue weighted by molar-refractivity contribution is 7.13. The van der Waals surface area contributed by atoms with Crippen LogP contribution in [-0.4, -0.2) is 15.9 Å². The number of nitrogens with two attached hydrogens (primary N) is 1. The standard InChI is InChI=1S/C13H10N4OS2/c14-13-17-10(7-20-13)11(18)16-9-3-1-2-8(6-9)12-15-4-5-19-12/h1-7H,(H2,14,17)(H,16,18). The van der Waals surface area contributed by atoms with E-state index in [1.54, 1.807) is 22.9 Å². The second kappa shape index (κ2) is 5.40. The largest absolute Gasteiger partial charge is 0.375 e. The molecule has 3 aromatic rings. The third kappa shape index (κ3) is 2.68. The van der Waals surface area contributed by atoms with Gasteiger partial charge >= 0.3 is 0 Å². The van der Waals surface area contributed by atoms with Gasteiger partial charge in [0.2, 0.25) is 0 Å². The van der Waals surface area contributed by atoms with Gasteiger partial charge in [-0.1, -0.05) is 12.1 Å². The number of anilines is 2. The lowest BCUT2D eigenvalue weighted by atomic mass is 10.2. The van der Waals surface area contributed by atoms with Crippen LogP contribution in [-0.2, 0) is 0 Å². The van der Waals surface area contributed by atoms with Crippen molar-refractivity contribution in [2.45, 2.75) is 0 Å². The fourth-order valence-corrected chi connectivity index (χ4v) is 2.86. The van der Waals surface area contributed by atoms with Crippen molar-refractivity contribution in [2.24, 2.45) is 0 Å². The summed E-state index contributed by atoms with van der Waals surface area (Å²) in [6.07, 6.45) is 1.75. The van der Waals surface area contributed by atoms with Crippen molar-refractivity contribution in [3.8, 4) is 10.6 Å². The Morgan fingerprint density at radius 2 is 2.20 bits per heavy atom. The normalized spacial score (nSPS) is 10.4. The number of aromatic nitrogens is 2. The second-order valence-electron chi connectivity index (χ2n) is 3.94. The highest BCUT2D eigenvalue weighted by Gasteiger charge is 2.10. The molecule has 20 heavy (non-hydrogen) atoms. The molecule has 0 atom stereocenters. The highest BCUT2D eigenvalue weighted by atomic mass is 32.1. The topological polar surface area (TPSA) is 80.9 Å². The number of thiazole rings is 2. The van der Waals surface area contributed by atoms with Gasteiger partial charge in [-0.15, -0.1) is 22.7 Å². The predicted molar refractivity (Wildman–Crippen MR) is 82.0 cm³/mol. The number of rotatable bonds is 3. The van der Waals surface area contributed by atoms with Gasteiger partial charge in [0, 0.05) is 28.2 Å². The smallest absolute Gasteiger partial charge is 0.275 e. The minimum absolute atomic E-state index is 0.269. The number of hydrogen-bond donors (Lipinski definition) is 2. The van der Waals surface area contributed by atoms with E-state index < -0.39 is 0 Å². The third-order valence-corrected chi connectivity index (χ3v) is 4.05. The van der Waals surface area contributed by atoms with Crippen LogP contribution in [0.3, 0.4) is 0 Å². The minimum atomic E-state index is -0.269. The summed E-state index contributed by atoms with van der Waals surface area (Å²) in [4.78, 5) is 20.2. The lowest BCUT2D eigenvalue weighted by molar-refractivity contribution is 0.102. The number of nitrogens with one attached hydrogen (secondary N) is 1. The van der Waals surface area contributed by atoms with Gasteiger partial charge in [-0.25, -0.2) is 9.97 Å². The molecule has 0 aliphatic heterocycles. The number of carbonyl (C=O) groups excluding carboxylic acids is 1. The van der Waals surface area contributed by atoms with E-state index in [1.165, 1.54) is 11.3 Å². The Morgan fingerprint density at radius 3 is 2.90 bits per heavy atom. The van der Waals surface area contributed by atoms with E-state index in [0.29, 0.717) is 16.5 Å². The van der Waals surface area contributed by atoms with Crippen LogP contribution in [0.4, 0.5) is 10.8 Å². The molecule has 1 amide bonds. The van der Waals surface area contributed by atoms with Crippen LogP contribution in [0.2, 0.25) is 0 Å². The van der Waals surface area contributed by atoms with Crippen LogP contribution < -0.4 is 11.1 Å². The maximum atomic E-state index is 12.0. The van der Waals surface area contributed by atoms with E-state index >= 15 is 0 Å². The van der Waals surface area contributed by atoms with Gasteiger partial charge in [0.25, 0.3) is 5.91 Å². The molecular weight excluding hydrogens is 292 g/mol. The average molecular weight is 302 g/mol. The van der Waals surface area contributed by atoms with Crippen molar-refractivity contribution in [3.05, 3.63) is 46.9 Å². The minimum Gasteiger partial charge on any atom is -0.375 e. The molecule has 2 aromatic heterocycles. The van der Waals surface area contributed by atoms with E-state index in [-0.39, 0.29) is 5.91 Å². The zero-order valence-corrected chi connectivity index (χ0v) is 11.9. The molecule has 0 bridgehead atoms. The molecule has 0 radical (unpaired) electrons. The lowest BCUT2D eigenvalue weighted by Gasteiger charge is -2.04. The maximum absolute atomic E-state index is 12.0. The van der Waals surface area contributed by atoms with Crippen LogP contribution in [0, 0.1) is 0 Å². The van der Waals surface area contributed by atoms with Crippen molar-refractivity contribution in [1.82, 2.24) is 9.97 Å². The van der Waals surface area contributed by atoms with Crippen molar-refractivity contribution >= 4 is 39.4 Å². The molecule has 0 fully saturated rings. The summed E-state index contributed by atoms with van der Waals surface area (Å²) >= 11 is 2.79. The van der Waals surface area contributed by atoms with Gasteiger partial charge < -0.3 is 11.1 Å². The Hall–Kier alpha value is -2.25. The summed E-state index contributed by atoms with van der Waals surface area (Å²) in [5, 5.41) is 7.65. The number of carbonyl (C=O) groups is 1. The second-order valence-corrected chi connectivity index (χ2v) is 5.73. The molecule has 0 saturated carbocycles. The molecule has 0 aliphatic rings. The predicted octanol–water partition coefficient (Wildman–Crippen LogP) is 3.10. The number of nitrogens with zero attached hydrogens (tertiary/aromatic N) is 2. The Bertz CT molecular complexity index is 736. The maximum Gasteiger partial charge on any atom is 0.275 e. The van der Waals surface area contributed by atoms with Crippen molar-refractivity contribution in [1.29, 1.82) is 0 Å². The van der Waals surface area contributed by atoms with E-state index in [9.17, 15) is 4.79 Å². The first-order chi connectivity index (χ1) is 9.72. The summed E-state index contributed by atoms with van der Waals surface area (Å²) in [5.74, 6) is -0.269. The Balaban J connectivity index is 1.81. The van der Waals surface area contributed by atoms with Crippen molar-refractivity contribution in [3.63, 3.8) is 0 Å². The molecule has 0 aliphatic carbocycles. The molecule has 0 saturated heterocycles. The fourth-order valence-electron chi connectivity index (χ4n) is 1.68. The number of hydrogen-bond acceptors (Lipinski definition) is 6. The zero-order chi connectivity index (χ0) is 13.9. The van der Waals surface area contributed by atoms with E-state index in [2.05, 4.69) is 15.3 Å². The van der Waals surface area contributed by atoms with Gasteiger partial charge in [0.1, 0.15) is 10.7 Å². The summed E-state index contributed by atoms with van der Waals surface area (Å²) < 4.78 is 0. The van der Waals surface area contributed by atoms with Gasteiger partial charge in [0.15, 0.2) is 5.13 Å². The number of nitrogen functional groups attached to an aromatic ring is 1. The molecule has 3 rings (SSSR count). The zero-order valence-electron chi connectivity index (χ0n) is 10.2. The van der Waals surface area contributed by atoms with Crippen LogP contribution in [0.1, 0.15) is 10.5 Å². The molecule has 0 unspecified atom stereocenters. The van der Waals surface area contributed by atoms with Crippen LogP contribution in [0.5, 0.6) is 0 Å². The number of amides is 1. The van der Waals surface area contributed by atoms with Gasteiger partial charge in [0.05, 0.1) is 0 Å². The highest BCUT2D eigenvalue weighted by Crippen LogP contribution is 2.24. The molecule has 1 aromatic carbocycles. The summed E-state index contributed by atoms with van der Waals surface area (Å²) in [6, 6.07) is 7.54. The molecule has 3 N–H and O–H groups in total. The van der Waals surface area contributed by atoms with E-state index in [1.807, 2.05) is 29.6 Å². The first kappa shape index (κ1) is 12.8. The first-order valence-electron chi connectivity index (χ1n) is 5.74. The lowest BCUT2D eigenvalue weighted by Crippen LogP contribution is -2.12. The van der Waals surface area contributed by atoms with Gasteiger partial charge in [-0.3, -0.25) is 4.79 Å². The quantitative estimate of drug-likeness (QED) is 0.779. The Morgan fingerprint density at radius 1 is 1.30 bits per heavy atom. The fraction of sp³-hybridized carbons (Fsp3) is 0. The molecule has 100 valence electrons. The molecule has 0 spiro atoms. The van der Waals surface area contributed by atoms with Gasteiger partial charge in [-0.05, 0) is 12.1 Å². The molecular formula is C13H10N4OS2. The van der Waals surface area contributed by atoms with Crippen LogP contribution in [0.15, 0.2) is 41.2 Å². The van der Waals surface area contributed by atoms with Crippen molar-refractivity contribution in [2.75, 3.05) is 11.1 Å². The van der Waals surface area contributed by atoms with E-state index in [0.717, 1.165) is 10.6 Å². The summed E-state index contributed by atoms with van der Waals surface area (Å²) in [7, 11) is 0. The Labute approximate surface area is 123 Å². The molecule has 7 heteroatoms. The first-order valence-corrected chi connectivity index (χ1v) is 7.50. The van der Waals surface area contributed by atoms with Crippen molar-refractivity contribution < 1.29 is 4.79 Å². The molecule has 2 heterocycles. The third-order valence-electron chi connectivity index (χ3n) is 2.55. The monoisotopic (exact) mass is 302 g/mol. The molecule has 5 nitrogen and oxygen atoms in total. The van der Waals surface area contributed by atoms with Crippen LogP contribution >= 0.6 is 22.7 Å².